The van der Waals surface area contributed by atoms with Crippen molar-refractivity contribution in [1.82, 2.24) is 15.1 Å². The molecule has 1 aromatic carbocycles. The topological polar surface area (TPSA) is 118 Å². The molecule has 0 unspecified atom stereocenters. The molecule has 9 nitrogen and oxygen atoms in total. The molecule has 0 atom stereocenters. The second-order valence-corrected chi connectivity index (χ2v) is 14.4. The summed E-state index contributed by atoms with van der Waals surface area (Å²) in [6.45, 7) is 5.08. The summed E-state index contributed by atoms with van der Waals surface area (Å²) in [4.78, 5) is 22.9. The molecule has 226 valence electrons. The highest BCUT2D eigenvalue weighted by Crippen LogP contribution is 3.02. The SMILES string of the molecule is COC(=O)C1(c2c(C#N)nn(-c3c(Cl)cc(S(F)(F)(F)(F)F)cc3Cl)c2NCC2(NC(=O)OC(C)(C)C)CC2)CC1. The van der Waals surface area contributed by atoms with Gasteiger partial charge >= 0.3 is 22.3 Å². The number of nitriles is 1. The van der Waals surface area contributed by atoms with Crippen molar-refractivity contribution in [2.45, 2.75) is 67.9 Å². The third-order valence-electron chi connectivity index (χ3n) is 6.66. The van der Waals surface area contributed by atoms with Crippen molar-refractivity contribution >= 4 is 51.3 Å². The number of nitrogens with zero attached hydrogens (tertiary/aromatic N) is 3. The average molecular weight is 646 g/mol. The lowest BCUT2D eigenvalue weighted by Crippen LogP contribution is -2.44. The molecule has 2 aromatic rings. The number of ether oxygens (including phenoxy) is 2. The number of halogens is 7. The lowest BCUT2D eigenvalue weighted by molar-refractivity contribution is -0.143. The number of alkyl carbamates (subject to hydrolysis) is 1. The Labute approximate surface area is 242 Å². The maximum Gasteiger partial charge on any atom is 0.408 e. The third kappa shape index (κ3) is 6.29. The van der Waals surface area contributed by atoms with Crippen molar-refractivity contribution in [1.29, 1.82) is 5.26 Å². The number of carbonyl (C=O) groups excluding carboxylic acids is 2. The van der Waals surface area contributed by atoms with E-state index in [0.29, 0.717) is 12.8 Å². The molecule has 0 bridgehead atoms. The van der Waals surface area contributed by atoms with Gasteiger partial charge in [0.15, 0.2) is 5.69 Å². The summed E-state index contributed by atoms with van der Waals surface area (Å²) in [5, 5.41) is 18.2. The van der Waals surface area contributed by atoms with Crippen molar-refractivity contribution in [3.05, 3.63) is 33.4 Å². The van der Waals surface area contributed by atoms with Crippen LogP contribution in [0.2, 0.25) is 10.0 Å². The van der Waals surface area contributed by atoms with E-state index in [-0.39, 0.29) is 48.6 Å². The van der Waals surface area contributed by atoms with E-state index in [9.17, 15) is 34.3 Å². The van der Waals surface area contributed by atoms with Crippen LogP contribution in [-0.2, 0) is 19.7 Å². The van der Waals surface area contributed by atoms with Gasteiger partial charge < -0.3 is 20.1 Å². The highest BCUT2D eigenvalue weighted by Gasteiger charge is 2.66. The summed E-state index contributed by atoms with van der Waals surface area (Å²) in [7, 11) is -9.00. The number of esters is 1. The van der Waals surface area contributed by atoms with E-state index in [0.717, 1.165) is 11.8 Å². The van der Waals surface area contributed by atoms with Crippen molar-refractivity contribution in [3.63, 3.8) is 0 Å². The van der Waals surface area contributed by atoms with Crippen molar-refractivity contribution in [2.24, 2.45) is 0 Å². The second kappa shape index (κ2) is 9.02. The van der Waals surface area contributed by atoms with Crippen LogP contribution in [0.3, 0.4) is 0 Å². The fraction of sp³-hybridized carbons (Fsp3) is 0.500. The van der Waals surface area contributed by atoms with Gasteiger partial charge in [-0.05, 0) is 58.6 Å². The number of hydrogen-bond acceptors (Lipinski definition) is 7. The standard InChI is InChI=1S/C24H26Cl2F5N5O4S/c1-22(2,3)40-21(38)34-23(5-6-23)12-33-19-17(24(7-8-24)20(37)39-4)16(11-32)35-36(19)18-14(25)9-13(10-15(18)26)41(27,28,29,30)31/h9-10,33H,5-8,12H2,1-4H3,(H,34,38). The molecule has 1 amide bonds. The first kappa shape index (κ1) is 31.0. The Hall–Kier alpha value is -2.96. The average Bonchev–Trinajstić information content (AvgIpc) is 3.73. The van der Waals surface area contributed by atoms with Crippen LogP contribution in [0.4, 0.5) is 30.0 Å². The van der Waals surface area contributed by atoms with E-state index in [1.807, 2.05) is 6.07 Å². The van der Waals surface area contributed by atoms with E-state index in [2.05, 4.69) is 15.7 Å². The van der Waals surface area contributed by atoms with E-state index < -0.39 is 59.5 Å². The lowest BCUT2D eigenvalue weighted by atomic mass is 9.95. The summed E-state index contributed by atoms with van der Waals surface area (Å²) in [6, 6.07) is 1.92. The molecule has 2 aliphatic carbocycles. The highest BCUT2D eigenvalue weighted by atomic mass is 35.5. The van der Waals surface area contributed by atoms with Crippen LogP contribution < -0.4 is 10.6 Å². The Bertz CT molecular complexity index is 1470. The molecule has 1 aromatic heterocycles. The Morgan fingerprint density at radius 2 is 1.68 bits per heavy atom. The lowest BCUT2D eigenvalue weighted by Gasteiger charge is -2.40. The number of rotatable bonds is 8. The summed E-state index contributed by atoms with van der Waals surface area (Å²) < 4.78 is 78.7. The Balaban J connectivity index is 1.83. The van der Waals surface area contributed by atoms with Crippen LogP contribution in [0.15, 0.2) is 17.0 Å². The molecule has 2 fully saturated rings. The Kier molecular flexibility index (Phi) is 6.82. The maximum absolute atomic E-state index is 13.5. The molecule has 0 radical (unpaired) electrons. The molecule has 41 heavy (non-hydrogen) atoms. The number of amides is 1. The van der Waals surface area contributed by atoms with Crippen LogP contribution >= 0.6 is 33.4 Å². The van der Waals surface area contributed by atoms with Crippen LogP contribution in [-0.4, -0.2) is 46.6 Å². The molecule has 0 saturated heterocycles. The van der Waals surface area contributed by atoms with E-state index >= 15 is 0 Å². The fourth-order valence-corrected chi connectivity index (χ4v) is 5.85. The molecule has 2 saturated carbocycles. The smallest absolute Gasteiger partial charge is 0.408 e. The maximum atomic E-state index is 13.5. The number of hydrogen-bond donors (Lipinski definition) is 2. The van der Waals surface area contributed by atoms with Gasteiger partial charge in [-0.3, -0.25) is 4.79 Å². The van der Waals surface area contributed by atoms with Gasteiger partial charge in [0.25, 0.3) is 0 Å². The first-order valence-corrected chi connectivity index (χ1v) is 14.9. The number of nitrogens with one attached hydrogen (secondary N) is 2. The number of carbonyl (C=O) groups is 2. The molecule has 2 aliphatic rings. The van der Waals surface area contributed by atoms with Gasteiger partial charge in [-0.1, -0.05) is 42.6 Å². The second-order valence-electron chi connectivity index (χ2n) is 11.1. The zero-order chi connectivity index (χ0) is 30.9. The normalized spacial score (nSPS) is 18.8. The number of aromatic nitrogens is 2. The molecular formula is C24H26Cl2F5N5O4S. The van der Waals surface area contributed by atoms with Gasteiger partial charge in [0.05, 0.1) is 33.7 Å². The molecule has 0 spiro atoms. The summed E-state index contributed by atoms with van der Waals surface area (Å²) in [6.07, 6.45) is 0.891. The largest absolute Gasteiger partial charge is 0.468 e. The highest BCUT2D eigenvalue weighted by molar-refractivity contribution is 8.45. The number of benzene rings is 1. The van der Waals surface area contributed by atoms with Crippen LogP contribution in [0.5, 0.6) is 0 Å². The molecule has 2 N–H and O–H groups in total. The van der Waals surface area contributed by atoms with Gasteiger partial charge in [-0.25, -0.2) is 9.48 Å². The van der Waals surface area contributed by atoms with Gasteiger partial charge in [0.1, 0.15) is 28.1 Å². The van der Waals surface area contributed by atoms with E-state index in [4.69, 9.17) is 32.7 Å². The van der Waals surface area contributed by atoms with E-state index in [1.54, 1.807) is 20.8 Å². The molecule has 4 rings (SSSR count). The number of methoxy groups -OCH3 is 1. The van der Waals surface area contributed by atoms with Crippen LogP contribution in [0, 0.1) is 11.3 Å². The predicted molar refractivity (Wildman–Crippen MR) is 142 cm³/mol. The zero-order valence-corrected chi connectivity index (χ0v) is 24.5. The minimum atomic E-state index is -10.2. The minimum absolute atomic E-state index is 0.00579. The fourth-order valence-electron chi connectivity index (χ4n) is 4.39. The summed E-state index contributed by atoms with van der Waals surface area (Å²) in [5.74, 6) is -0.733. The molecule has 1 heterocycles. The predicted octanol–water partition coefficient (Wildman–Crippen LogP) is 7.38. The Morgan fingerprint density at radius 3 is 2.10 bits per heavy atom. The molecule has 0 aliphatic heterocycles. The van der Waals surface area contributed by atoms with Crippen molar-refractivity contribution < 1.29 is 38.5 Å². The monoisotopic (exact) mass is 645 g/mol. The van der Waals surface area contributed by atoms with Crippen LogP contribution in [0.25, 0.3) is 5.69 Å². The van der Waals surface area contributed by atoms with Crippen LogP contribution in [0.1, 0.15) is 57.7 Å². The minimum Gasteiger partial charge on any atom is -0.468 e. The molecular weight excluding hydrogens is 620 g/mol. The summed E-state index contributed by atoms with van der Waals surface area (Å²) >= 11 is 12.2. The zero-order valence-electron chi connectivity index (χ0n) is 22.2. The van der Waals surface area contributed by atoms with Gasteiger partial charge in [-0.15, -0.1) is 0 Å². The van der Waals surface area contributed by atoms with Gasteiger partial charge in [0.2, 0.25) is 0 Å². The van der Waals surface area contributed by atoms with E-state index in [1.165, 1.54) is 0 Å². The first-order chi connectivity index (χ1) is 18.5. The number of anilines is 1. The van der Waals surface area contributed by atoms with Gasteiger partial charge in [-0.2, -0.15) is 10.4 Å². The Morgan fingerprint density at radius 1 is 1.12 bits per heavy atom. The first-order valence-electron chi connectivity index (χ1n) is 12.2. The van der Waals surface area contributed by atoms with Crippen molar-refractivity contribution in [2.75, 3.05) is 19.0 Å². The third-order valence-corrected chi connectivity index (χ3v) is 8.36. The summed E-state index contributed by atoms with van der Waals surface area (Å²) in [5.41, 5.74) is -3.53. The van der Waals surface area contributed by atoms with Gasteiger partial charge in [0, 0.05) is 6.54 Å². The quantitative estimate of drug-likeness (QED) is 0.227. The van der Waals surface area contributed by atoms with Crippen molar-refractivity contribution in [3.8, 4) is 11.8 Å². The molecule has 17 heteroatoms.